The van der Waals surface area contributed by atoms with Crippen LogP contribution in [0.1, 0.15) is 63.0 Å². The SMILES string of the molecule is CCCOC(=O)C1=C(C)NC2=C(C(=O)CC(c3ccccc3)C2)C1c1cc(Br)c(O)c(OCC)c1. The topological polar surface area (TPSA) is 84.9 Å². The van der Waals surface area contributed by atoms with E-state index in [4.69, 9.17) is 9.47 Å². The van der Waals surface area contributed by atoms with E-state index in [0.717, 1.165) is 11.3 Å². The zero-order chi connectivity index (χ0) is 25.1. The highest BCUT2D eigenvalue weighted by molar-refractivity contribution is 9.10. The largest absolute Gasteiger partial charge is 0.503 e. The first-order valence-corrected chi connectivity index (χ1v) is 12.8. The Morgan fingerprint density at radius 2 is 1.89 bits per heavy atom. The average Bonchev–Trinajstić information content (AvgIpc) is 2.84. The Morgan fingerprint density at radius 3 is 2.57 bits per heavy atom. The van der Waals surface area contributed by atoms with Crippen LogP contribution in [0.2, 0.25) is 0 Å². The summed E-state index contributed by atoms with van der Waals surface area (Å²) in [5, 5.41) is 13.8. The molecule has 0 radical (unpaired) electrons. The Hall–Kier alpha value is -3.06. The fourth-order valence-corrected chi connectivity index (χ4v) is 5.36. The Balaban J connectivity index is 1.84. The van der Waals surface area contributed by atoms with Gasteiger partial charge in [-0.25, -0.2) is 4.79 Å². The summed E-state index contributed by atoms with van der Waals surface area (Å²) in [5.41, 5.74) is 4.27. The number of phenols is 1. The van der Waals surface area contributed by atoms with E-state index in [1.807, 2.05) is 51.1 Å². The minimum Gasteiger partial charge on any atom is -0.503 e. The molecule has 1 heterocycles. The van der Waals surface area contributed by atoms with Crippen LogP contribution in [0.5, 0.6) is 11.5 Å². The molecule has 2 unspecified atom stereocenters. The molecular weight excluding hydrogens is 510 g/mol. The van der Waals surface area contributed by atoms with Gasteiger partial charge >= 0.3 is 5.97 Å². The third-order valence-corrected chi connectivity index (χ3v) is 7.04. The Bertz CT molecular complexity index is 1200. The van der Waals surface area contributed by atoms with E-state index in [9.17, 15) is 14.7 Å². The molecule has 2 aliphatic rings. The first-order valence-electron chi connectivity index (χ1n) is 12.0. The number of carbonyl (C=O) groups is 2. The van der Waals surface area contributed by atoms with Gasteiger partial charge in [-0.05, 0) is 71.8 Å². The summed E-state index contributed by atoms with van der Waals surface area (Å²) < 4.78 is 11.6. The molecule has 35 heavy (non-hydrogen) atoms. The number of benzene rings is 2. The van der Waals surface area contributed by atoms with Crippen LogP contribution >= 0.6 is 15.9 Å². The van der Waals surface area contributed by atoms with Crippen LogP contribution < -0.4 is 10.1 Å². The number of halogens is 1. The second-order valence-corrected chi connectivity index (χ2v) is 9.70. The fraction of sp³-hybridized carbons (Fsp3) is 0.357. The maximum absolute atomic E-state index is 13.7. The van der Waals surface area contributed by atoms with Crippen molar-refractivity contribution in [3.8, 4) is 11.5 Å². The van der Waals surface area contributed by atoms with E-state index in [1.165, 1.54) is 0 Å². The molecule has 6 nitrogen and oxygen atoms in total. The van der Waals surface area contributed by atoms with Gasteiger partial charge in [0.15, 0.2) is 17.3 Å². The highest BCUT2D eigenvalue weighted by Crippen LogP contribution is 2.48. The maximum Gasteiger partial charge on any atom is 0.336 e. The zero-order valence-electron chi connectivity index (χ0n) is 20.2. The van der Waals surface area contributed by atoms with Crippen molar-refractivity contribution in [2.75, 3.05) is 13.2 Å². The Kier molecular flexibility index (Phi) is 7.65. The third-order valence-electron chi connectivity index (χ3n) is 6.44. The number of ether oxygens (including phenoxy) is 2. The van der Waals surface area contributed by atoms with Crippen molar-refractivity contribution in [3.63, 3.8) is 0 Å². The van der Waals surface area contributed by atoms with Crippen molar-refractivity contribution in [1.82, 2.24) is 5.32 Å². The summed E-state index contributed by atoms with van der Waals surface area (Å²) in [4.78, 5) is 26.9. The number of aromatic hydroxyl groups is 1. The van der Waals surface area contributed by atoms with Crippen LogP contribution in [0.3, 0.4) is 0 Å². The van der Waals surface area contributed by atoms with E-state index < -0.39 is 11.9 Å². The van der Waals surface area contributed by atoms with E-state index in [2.05, 4.69) is 21.2 Å². The molecule has 1 aliphatic carbocycles. The van der Waals surface area contributed by atoms with Crippen molar-refractivity contribution in [2.24, 2.45) is 0 Å². The summed E-state index contributed by atoms with van der Waals surface area (Å²) in [5.74, 6) is -0.754. The van der Waals surface area contributed by atoms with E-state index >= 15 is 0 Å². The monoisotopic (exact) mass is 539 g/mol. The van der Waals surface area contributed by atoms with Crippen LogP contribution in [-0.2, 0) is 14.3 Å². The Labute approximate surface area is 214 Å². The molecule has 0 saturated carbocycles. The molecule has 2 atom stereocenters. The van der Waals surface area contributed by atoms with Gasteiger partial charge < -0.3 is 19.9 Å². The Morgan fingerprint density at radius 1 is 1.14 bits per heavy atom. The van der Waals surface area contributed by atoms with Gasteiger partial charge in [-0.1, -0.05) is 37.3 Å². The number of Topliss-reactive ketones (excluding diaryl/α,β-unsaturated/α-hetero) is 1. The lowest BCUT2D eigenvalue weighted by atomic mass is 9.71. The standard InChI is InChI=1S/C28H30BrNO5/c1-4-11-35-28(33)24-16(3)30-21-13-18(17-9-7-6-8-10-17)14-22(31)26(21)25(24)19-12-20(29)27(32)23(15-19)34-5-2/h6-10,12,15,18,25,30,32H,4-5,11,13-14H2,1-3H3. The van der Waals surface area contributed by atoms with Gasteiger partial charge in [0.05, 0.1) is 23.3 Å². The summed E-state index contributed by atoms with van der Waals surface area (Å²) in [7, 11) is 0. The summed E-state index contributed by atoms with van der Waals surface area (Å²) in [6, 6.07) is 13.5. The number of ketones is 1. The molecule has 7 heteroatoms. The van der Waals surface area contributed by atoms with Crippen LogP contribution in [0.4, 0.5) is 0 Å². The molecule has 0 saturated heterocycles. The van der Waals surface area contributed by atoms with Crippen LogP contribution in [0, 0.1) is 0 Å². The molecule has 184 valence electrons. The predicted molar refractivity (Wildman–Crippen MR) is 137 cm³/mol. The van der Waals surface area contributed by atoms with Crippen molar-refractivity contribution in [2.45, 2.75) is 51.9 Å². The molecule has 0 spiro atoms. The number of carbonyl (C=O) groups excluding carboxylic acids is 2. The summed E-state index contributed by atoms with van der Waals surface area (Å²) in [6.45, 7) is 6.26. The lowest BCUT2D eigenvalue weighted by Gasteiger charge is -2.37. The third kappa shape index (κ3) is 5.01. The number of phenolic OH excluding ortho intramolecular Hbond substituents is 1. The lowest BCUT2D eigenvalue weighted by molar-refractivity contribution is -0.139. The van der Waals surface area contributed by atoms with Gasteiger partial charge in [-0.2, -0.15) is 0 Å². The number of rotatable bonds is 7. The van der Waals surface area contributed by atoms with E-state index in [-0.39, 0.29) is 17.5 Å². The quantitative estimate of drug-likeness (QED) is 0.428. The molecule has 0 aromatic heterocycles. The molecule has 0 amide bonds. The molecule has 1 aliphatic heterocycles. The zero-order valence-corrected chi connectivity index (χ0v) is 21.8. The summed E-state index contributed by atoms with van der Waals surface area (Å²) in [6.07, 6.45) is 1.71. The first kappa shape index (κ1) is 25.0. The maximum atomic E-state index is 13.7. The van der Waals surface area contributed by atoms with Gasteiger partial charge in [0, 0.05) is 29.3 Å². The number of hydrogen-bond donors (Lipinski definition) is 2. The van der Waals surface area contributed by atoms with Crippen molar-refractivity contribution >= 4 is 27.7 Å². The molecule has 2 N–H and O–H groups in total. The van der Waals surface area contributed by atoms with Gasteiger partial charge in [0.2, 0.25) is 0 Å². The smallest absolute Gasteiger partial charge is 0.336 e. The van der Waals surface area contributed by atoms with Gasteiger partial charge in [-0.15, -0.1) is 0 Å². The van der Waals surface area contributed by atoms with E-state index in [0.29, 0.717) is 65.1 Å². The van der Waals surface area contributed by atoms with Crippen LogP contribution in [-0.4, -0.2) is 30.1 Å². The van der Waals surface area contributed by atoms with Crippen molar-refractivity contribution < 1.29 is 24.2 Å². The second kappa shape index (κ2) is 10.7. The molecular formula is C28H30BrNO5. The molecule has 0 fully saturated rings. The minimum atomic E-state index is -0.629. The van der Waals surface area contributed by atoms with Gasteiger partial charge in [0.1, 0.15) is 0 Å². The fourth-order valence-electron chi connectivity index (χ4n) is 4.90. The molecule has 0 bridgehead atoms. The van der Waals surface area contributed by atoms with Crippen LogP contribution in [0.15, 0.2) is 69.5 Å². The number of esters is 1. The number of nitrogens with one attached hydrogen (secondary N) is 1. The molecule has 4 rings (SSSR count). The van der Waals surface area contributed by atoms with Crippen molar-refractivity contribution in [1.29, 1.82) is 0 Å². The molecule has 2 aromatic rings. The van der Waals surface area contributed by atoms with E-state index in [1.54, 1.807) is 12.1 Å². The number of dihydropyridines is 1. The predicted octanol–water partition coefficient (Wildman–Crippen LogP) is 5.87. The highest BCUT2D eigenvalue weighted by atomic mass is 79.9. The van der Waals surface area contributed by atoms with Crippen LogP contribution in [0.25, 0.3) is 0 Å². The highest BCUT2D eigenvalue weighted by Gasteiger charge is 2.41. The second-order valence-electron chi connectivity index (χ2n) is 8.85. The van der Waals surface area contributed by atoms with Crippen molar-refractivity contribution in [3.05, 3.63) is 80.6 Å². The normalized spacial score (nSPS) is 19.8. The first-order chi connectivity index (χ1) is 16.8. The minimum absolute atomic E-state index is 0.00643. The average molecular weight is 540 g/mol. The number of allylic oxidation sites excluding steroid dienone is 3. The van der Waals surface area contributed by atoms with Gasteiger partial charge in [0.25, 0.3) is 0 Å². The number of hydrogen-bond acceptors (Lipinski definition) is 6. The lowest BCUT2D eigenvalue weighted by Crippen LogP contribution is -2.36. The molecule has 2 aromatic carbocycles. The summed E-state index contributed by atoms with van der Waals surface area (Å²) >= 11 is 3.41. The van der Waals surface area contributed by atoms with Gasteiger partial charge in [-0.3, -0.25) is 4.79 Å².